The van der Waals surface area contributed by atoms with E-state index in [1.165, 1.54) is 0 Å². The first-order chi connectivity index (χ1) is 8.52. The van der Waals surface area contributed by atoms with Gasteiger partial charge in [0.15, 0.2) is 0 Å². The van der Waals surface area contributed by atoms with E-state index in [9.17, 15) is 9.59 Å². The molecule has 3 N–H and O–H groups in total. The monoisotopic (exact) mass is 256 g/mol. The molecule has 0 aliphatic heterocycles. The van der Waals surface area contributed by atoms with Crippen LogP contribution >= 0.6 is 0 Å². The number of hydrogen-bond acceptors (Lipinski definition) is 2. The Hall–Kier alpha value is -1.26. The molecule has 1 aliphatic carbocycles. The molecule has 1 atom stereocenters. The molecule has 1 unspecified atom stereocenters. The zero-order valence-electron chi connectivity index (χ0n) is 11.2. The van der Waals surface area contributed by atoms with Crippen molar-refractivity contribution in [3.8, 4) is 0 Å². The van der Waals surface area contributed by atoms with Gasteiger partial charge >= 0.3 is 12.0 Å². The smallest absolute Gasteiger partial charge is 0.326 e. The predicted molar refractivity (Wildman–Crippen MR) is 69.4 cm³/mol. The van der Waals surface area contributed by atoms with E-state index in [1.54, 1.807) is 0 Å². The molecule has 1 fully saturated rings. The molecule has 0 aromatic carbocycles. The van der Waals surface area contributed by atoms with Crippen molar-refractivity contribution in [1.29, 1.82) is 0 Å². The van der Waals surface area contributed by atoms with Gasteiger partial charge in [0, 0.05) is 6.04 Å². The van der Waals surface area contributed by atoms with Crippen LogP contribution < -0.4 is 10.6 Å². The summed E-state index contributed by atoms with van der Waals surface area (Å²) in [6, 6.07) is -0.940. The molecular formula is C13H24N2O3. The Labute approximate surface area is 108 Å². The molecule has 5 heteroatoms. The fourth-order valence-corrected chi connectivity index (χ4v) is 2.34. The van der Waals surface area contributed by atoms with E-state index in [0.717, 1.165) is 38.0 Å². The fourth-order valence-electron chi connectivity index (χ4n) is 2.34. The first-order valence-electron chi connectivity index (χ1n) is 6.82. The van der Waals surface area contributed by atoms with Gasteiger partial charge in [-0.1, -0.05) is 20.3 Å². The van der Waals surface area contributed by atoms with Gasteiger partial charge in [0.25, 0.3) is 0 Å². The van der Waals surface area contributed by atoms with Gasteiger partial charge in [0.05, 0.1) is 0 Å². The summed E-state index contributed by atoms with van der Waals surface area (Å²) in [7, 11) is 0. The van der Waals surface area contributed by atoms with Crippen molar-refractivity contribution in [2.75, 3.05) is 0 Å². The van der Waals surface area contributed by atoms with Crippen LogP contribution in [0.5, 0.6) is 0 Å². The van der Waals surface area contributed by atoms with Crippen LogP contribution in [-0.4, -0.2) is 29.2 Å². The maximum Gasteiger partial charge on any atom is 0.326 e. The van der Waals surface area contributed by atoms with E-state index in [2.05, 4.69) is 17.6 Å². The minimum Gasteiger partial charge on any atom is -0.480 e. The quantitative estimate of drug-likeness (QED) is 0.705. The summed E-state index contributed by atoms with van der Waals surface area (Å²) in [5.41, 5.74) is 0. The number of hydrogen-bond donors (Lipinski definition) is 3. The van der Waals surface area contributed by atoms with Gasteiger partial charge in [-0.2, -0.15) is 0 Å². The van der Waals surface area contributed by atoms with Crippen LogP contribution in [0.4, 0.5) is 4.79 Å². The van der Waals surface area contributed by atoms with Gasteiger partial charge in [-0.05, 0) is 38.0 Å². The average Bonchev–Trinajstić information content (AvgIpc) is 2.31. The first-order valence-corrected chi connectivity index (χ1v) is 6.82. The van der Waals surface area contributed by atoms with E-state index in [1.807, 2.05) is 6.92 Å². The number of nitrogens with one attached hydrogen (secondary N) is 2. The standard InChI is InChI=1S/C13H24N2O3/c1-3-4-11(12(16)17)15-13(18)14-10-7-5-9(2)6-8-10/h9-11H,3-8H2,1-2H3,(H,16,17)(H2,14,15,18). The molecule has 18 heavy (non-hydrogen) atoms. The molecule has 0 aromatic rings. The van der Waals surface area contributed by atoms with Gasteiger partial charge in [-0.25, -0.2) is 9.59 Å². The minimum absolute atomic E-state index is 0.192. The maximum absolute atomic E-state index is 11.7. The topological polar surface area (TPSA) is 78.4 Å². The number of aliphatic carboxylic acids is 1. The van der Waals surface area contributed by atoms with Crippen LogP contribution in [0.3, 0.4) is 0 Å². The number of carboxylic acid groups (broad SMARTS) is 1. The van der Waals surface area contributed by atoms with E-state index in [0.29, 0.717) is 6.42 Å². The van der Waals surface area contributed by atoms with Crippen molar-refractivity contribution < 1.29 is 14.7 Å². The molecule has 104 valence electrons. The number of amides is 2. The van der Waals surface area contributed by atoms with E-state index < -0.39 is 12.0 Å². The Morgan fingerprint density at radius 1 is 1.28 bits per heavy atom. The molecule has 0 aromatic heterocycles. The van der Waals surface area contributed by atoms with Gasteiger partial charge in [-0.3, -0.25) is 0 Å². The lowest BCUT2D eigenvalue weighted by molar-refractivity contribution is -0.139. The highest BCUT2D eigenvalue weighted by Gasteiger charge is 2.22. The summed E-state index contributed by atoms with van der Waals surface area (Å²) < 4.78 is 0. The van der Waals surface area contributed by atoms with Crippen LogP contribution in [0, 0.1) is 5.92 Å². The third kappa shape index (κ3) is 4.94. The molecule has 1 rings (SSSR count). The Morgan fingerprint density at radius 2 is 1.89 bits per heavy atom. The number of urea groups is 1. The van der Waals surface area contributed by atoms with Gasteiger partial charge in [0.2, 0.25) is 0 Å². The highest BCUT2D eigenvalue weighted by Crippen LogP contribution is 2.23. The average molecular weight is 256 g/mol. The summed E-state index contributed by atoms with van der Waals surface area (Å²) in [5.74, 6) is -0.234. The summed E-state index contributed by atoms with van der Waals surface area (Å²) in [5, 5.41) is 14.3. The molecular weight excluding hydrogens is 232 g/mol. The summed E-state index contributed by atoms with van der Waals surface area (Å²) in [6.07, 6.45) is 5.42. The Kier molecular flexibility index (Phi) is 5.95. The number of carbonyl (C=O) groups is 2. The molecule has 0 saturated heterocycles. The van der Waals surface area contributed by atoms with Gasteiger partial charge in [0.1, 0.15) is 6.04 Å². The lowest BCUT2D eigenvalue weighted by Gasteiger charge is -2.27. The molecule has 5 nitrogen and oxygen atoms in total. The Bertz CT molecular complexity index is 286. The molecule has 0 spiro atoms. The summed E-state index contributed by atoms with van der Waals surface area (Å²) in [4.78, 5) is 22.6. The van der Waals surface area contributed by atoms with Crippen LogP contribution in [0.1, 0.15) is 52.4 Å². The third-order valence-electron chi connectivity index (χ3n) is 3.53. The van der Waals surface area contributed by atoms with Crippen molar-refractivity contribution in [2.45, 2.75) is 64.5 Å². The van der Waals surface area contributed by atoms with Crippen molar-refractivity contribution in [2.24, 2.45) is 5.92 Å². The van der Waals surface area contributed by atoms with Crippen molar-refractivity contribution in [1.82, 2.24) is 10.6 Å². The molecule has 1 aliphatic rings. The number of rotatable bonds is 5. The van der Waals surface area contributed by atoms with Gasteiger partial charge < -0.3 is 15.7 Å². The van der Waals surface area contributed by atoms with Crippen molar-refractivity contribution >= 4 is 12.0 Å². The lowest BCUT2D eigenvalue weighted by Crippen LogP contribution is -2.49. The Balaban J connectivity index is 2.33. The second-order valence-corrected chi connectivity index (χ2v) is 5.25. The minimum atomic E-state index is -0.968. The molecule has 0 radical (unpaired) electrons. The summed E-state index contributed by atoms with van der Waals surface area (Å²) in [6.45, 7) is 4.12. The fraction of sp³-hybridized carbons (Fsp3) is 0.846. The largest absolute Gasteiger partial charge is 0.480 e. The molecule has 2 amide bonds. The highest BCUT2D eigenvalue weighted by atomic mass is 16.4. The molecule has 0 heterocycles. The zero-order valence-corrected chi connectivity index (χ0v) is 11.2. The second kappa shape index (κ2) is 7.24. The molecule has 1 saturated carbocycles. The van der Waals surface area contributed by atoms with Crippen LogP contribution in [0.15, 0.2) is 0 Å². The van der Waals surface area contributed by atoms with E-state index in [-0.39, 0.29) is 12.1 Å². The van der Waals surface area contributed by atoms with Crippen LogP contribution in [-0.2, 0) is 4.79 Å². The normalized spacial score (nSPS) is 25.2. The maximum atomic E-state index is 11.7. The summed E-state index contributed by atoms with van der Waals surface area (Å²) >= 11 is 0. The molecule has 0 bridgehead atoms. The van der Waals surface area contributed by atoms with Crippen LogP contribution in [0.25, 0.3) is 0 Å². The first kappa shape index (κ1) is 14.8. The van der Waals surface area contributed by atoms with E-state index >= 15 is 0 Å². The van der Waals surface area contributed by atoms with Crippen LogP contribution in [0.2, 0.25) is 0 Å². The zero-order chi connectivity index (χ0) is 13.5. The number of carboxylic acids is 1. The van der Waals surface area contributed by atoms with E-state index in [4.69, 9.17) is 5.11 Å². The van der Waals surface area contributed by atoms with Crippen molar-refractivity contribution in [3.63, 3.8) is 0 Å². The van der Waals surface area contributed by atoms with Gasteiger partial charge in [-0.15, -0.1) is 0 Å². The van der Waals surface area contributed by atoms with Crippen molar-refractivity contribution in [3.05, 3.63) is 0 Å². The third-order valence-corrected chi connectivity index (χ3v) is 3.53. The Morgan fingerprint density at radius 3 is 2.39 bits per heavy atom. The predicted octanol–water partition coefficient (Wildman–Crippen LogP) is 2.12. The highest BCUT2D eigenvalue weighted by molar-refractivity contribution is 5.82. The lowest BCUT2D eigenvalue weighted by atomic mass is 9.87. The SMILES string of the molecule is CCCC(NC(=O)NC1CCC(C)CC1)C(=O)O. The number of carbonyl (C=O) groups excluding carboxylic acids is 1. The second-order valence-electron chi connectivity index (χ2n) is 5.25.